The maximum Gasteiger partial charge on any atom is 0.127 e. The summed E-state index contributed by atoms with van der Waals surface area (Å²) in [5, 5.41) is 10.5. The van der Waals surface area contributed by atoms with E-state index in [9.17, 15) is 5.11 Å². The van der Waals surface area contributed by atoms with Crippen LogP contribution >= 0.6 is 0 Å². The molecule has 2 heteroatoms. The lowest BCUT2D eigenvalue weighted by Gasteiger charge is -2.23. The van der Waals surface area contributed by atoms with Gasteiger partial charge in [0.25, 0.3) is 0 Å². The van der Waals surface area contributed by atoms with Gasteiger partial charge in [-0.1, -0.05) is 44.2 Å². The molecule has 2 saturated carbocycles. The third-order valence-electron chi connectivity index (χ3n) is 4.89. The fourth-order valence-corrected chi connectivity index (χ4v) is 3.67. The molecule has 0 atom stereocenters. The lowest BCUT2D eigenvalue weighted by Crippen LogP contribution is -2.05. The highest BCUT2D eigenvalue weighted by Crippen LogP contribution is 2.38. The summed E-state index contributed by atoms with van der Waals surface area (Å²) >= 11 is 0. The summed E-state index contributed by atoms with van der Waals surface area (Å²) < 4.78 is 0. The number of benzene rings is 1. The van der Waals surface area contributed by atoms with Gasteiger partial charge in [0, 0.05) is 17.8 Å². The Morgan fingerprint density at radius 1 is 0.950 bits per heavy atom. The summed E-state index contributed by atoms with van der Waals surface area (Å²) in [4.78, 5) is 4.66. The van der Waals surface area contributed by atoms with Crippen LogP contribution in [0.2, 0.25) is 0 Å². The predicted octanol–water partition coefficient (Wildman–Crippen LogP) is 4.80. The molecular weight excluding hydrogens is 246 g/mol. The van der Waals surface area contributed by atoms with Gasteiger partial charge in [-0.05, 0) is 43.2 Å². The second-order valence-corrected chi connectivity index (χ2v) is 6.34. The van der Waals surface area contributed by atoms with Gasteiger partial charge in [0.2, 0.25) is 0 Å². The predicted molar refractivity (Wildman–Crippen MR) is 83.8 cm³/mol. The normalized spacial score (nSPS) is 21.8. The number of phenols is 1. The third kappa shape index (κ3) is 3.05. The second-order valence-electron chi connectivity index (χ2n) is 6.34. The molecule has 1 aromatic rings. The highest BCUT2D eigenvalue weighted by atomic mass is 16.3. The van der Waals surface area contributed by atoms with Crippen LogP contribution in [0, 0.1) is 0 Å². The SMILES string of the molecule is Oc1c(C=NC2CCCC2)cccc1C1CCCCC1. The third-order valence-corrected chi connectivity index (χ3v) is 4.89. The molecule has 0 heterocycles. The molecule has 108 valence electrons. The van der Waals surface area contributed by atoms with Gasteiger partial charge >= 0.3 is 0 Å². The quantitative estimate of drug-likeness (QED) is 0.787. The molecule has 20 heavy (non-hydrogen) atoms. The molecule has 0 radical (unpaired) electrons. The van der Waals surface area contributed by atoms with Crippen molar-refractivity contribution in [1.29, 1.82) is 0 Å². The highest BCUT2D eigenvalue weighted by Gasteiger charge is 2.19. The average molecular weight is 271 g/mol. The van der Waals surface area contributed by atoms with Crippen molar-refractivity contribution in [2.75, 3.05) is 0 Å². The summed E-state index contributed by atoms with van der Waals surface area (Å²) in [6.07, 6.45) is 13.3. The first-order chi connectivity index (χ1) is 9.84. The molecule has 2 aliphatic rings. The van der Waals surface area contributed by atoms with Crippen molar-refractivity contribution in [2.24, 2.45) is 4.99 Å². The Hall–Kier alpha value is -1.31. The van der Waals surface area contributed by atoms with Gasteiger partial charge in [-0.15, -0.1) is 0 Å². The zero-order valence-electron chi connectivity index (χ0n) is 12.2. The van der Waals surface area contributed by atoms with E-state index in [-0.39, 0.29) is 0 Å². The Morgan fingerprint density at radius 2 is 1.65 bits per heavy atom. The van der Waals surface area contributed by atoms with Crippen molar-refractivity contribution < 1.29 is 5.11 Å². The first-order valence-electron chi connectivity index (χ1n) is 8.19. The van der Waals surface area contributed by atoms with Crippen LogP contribution < -0.4 is 0 Å². The summed E-state index contributed by atoms with van der Waals surface area (Å²) in [5.41, 5.74) is 2.04. The summed E-state index contributed by atoms with van der Waals surface area (Å²) in [5.74, 6) is 1.02. The van der Waals surface area contributed by atoms with Crippen molar-refractivity contribution in [1.82, 2.24) is 0 Å². The van der Waals surface area contributed by atoms with Crippen molar-refractivity contribution in [2.45, 2.75) is 69.7 Å². The zero-order valence-corrected chi connectivity index (χ0v) is 12.2. The smallest absolute Gasteiger partial charge is 0.127 e. The van der Waals surface area contributed by atoms with E-state index in [1.54, 1.807) is 0 Å². The van der Waals surface area contributed by atoms with E-state index in [0.717, 1.165) is 11.1 Å². The van der Waals surface area contributed by atoms with E-state index in [4.69, 9.17) is 0 Å². The molecule has 2 aliphatic carbocycles. The van der Waals surface area contributed by atoms with Gasteiger partial charge in [-0.3, -0.25) is 4.99 Å². The number of hydrogen-bond acceptors (Lipinski definition) is 2. The maximum absolute atomic E-state index is 10.5. The Morgan fingerprint density at radius 3 is 2.40 bits per heavy atom. The fourth-order valence-electron chi connectivity index (χ4n) is 3.67. The first kappa shape index (κ1) is 13.7. The van der Waals surface area contributed by atoms with Crippen LogP contribution in [0.25, 0.3) is 0 Å². The number of aliphatic imine (C=N–C) groups is 1. The lowest BCUT2D eigenvalue weighted by molar-refractivity contribution is 0.414. The first-order valence-corrected chi connectivity index (χ1v) is 8.19. The molecule has 2 nitrogen and oxygen atoms in total. The Labute approximate surface area is 121 Å². The van der Waals surface area contributed by atoms with Gasteiger partial charge in [0.1, 0.15) is 5.75 Å². The number of phenolic OH excluding ortho intramolecular Hbond substituents is 1. The minimum Gasteiger partial charge on any atom is -0.507 e. The van der Waals surface area contributed by atoms with Crippen LogP contribution in [0.5, 0.6) is 5.75 Å². The van der Waals surface area contributed by atoms with Crippen LogP contribution in [0.3, 0.4) is 0 Å². The second kappa shape index (κ2) is 6.43. The topological polar surface area (TPSA) is 32.6 Å². The Balaban J connectivity index is 1.77. The van der Waals surface area contributed by atoms with E-state index < -0.39 is 0 Å². The fraction of sp³-hybridized carbons (Fsp3) is 0.611. The van der Waals surface area contributed by atoms with Crippen molar-refractivity contribution in [3.05, 3.63) is 29.3 Å². The van der Waals surface area contributed by atoms with Crippen molar-refractivity contribution in [3.63, 3.8) is 0 Å². The number of nitrogens with zero attached hydrogens (tertiary/aromatic N) is 1. The van der Waals surface area contributed by atoms with Crippen molar-refractivity contribution >= 4 is 6.21 Å². The molecule has 3 rings (SSSR count). The molecule has 0 unspecified atom stereocenters. The molecule has 0 spiro atoms. The van der Waals surface area contributed by atoms with Gasteiger partial charge < -0.3 is 5.11 Å². The summed E-state index contributed by atoms with van der Waals surface area (Å²) in [7, 11) is 0. The highest BCUT2D eigenvalue weighted by molar-refractivity contribution is 5.84. The standard InChI is InChI=1S/C18H25NO/c20-18-15(13-19-16-10-4-5-11-16)9-6-12-17(18)14-7-2-1-3-8-14/h6,9,12-14,16,20H,1-5,7-8,10-11H2. The van der Waals surface area contributed by atoms with Gasteiger partial charge in [-0.25, -0.2) is 0 Å². The zero-order chi connectivity index (χ0) is 13.8. The molecule has 2 fully saturated rings. The average Bonchev–Trinajstić information content (AvgIpc) is 3.00. The summed E-state index contributed by atoms with van der Waals surface area (Å²) in [6, 6.07) is 6.63. The Bertz CT molecular complexity index is 468. The number of aromatic hydroxyl groups is 1. The number of hydrogen-bond donors (Lipinski definition) is 1. The minimum absolute atomic E-state index is 0.473. The van der Waals surface area contributed by atoms with E-state index >= 15 is 0 Å². The minimum atomic E-state index is 0.473. The van der Waals surface area contributed by atoms with Gasteiger partial charge in [0.05, 0.1) is 0 Å². The summed E-state index contributed by atoms with van der Waals surface area (Å²) in [6.45, 7) is 0. The molecule has 0 aromatic heterocycles. The van der Waals surface area contributed by atoms with Crippen LogP contribution in [0.15, 0.2) is 23.2 Å². The van der Waals surface area contributed by atoms with Crippen molar-refractivity contribution in [3.8, 4) is 5.75 Å². The number of rotatable bonds is 3. The van der Waals surface area contributed by atoms with E-state index in [0.29, 0.717) is 17.7 Å². The van der Waals surface area contributed by atoms with Gasteiger partial charge in [-0.2, -0.15) is 0 Å². The molecule has 0 saturated heterocycles. The van der Waals surface area contributed by atoms with Crippen LogP contribution in [0.4, 0.5) is 0 Å². The van der Waals surface area contributed by atoms with E-state index in [1.165, 1.54) is 57.8 Å². The van der Waals surface area contributed by atoms with Crippen LogP contribution in [0.1, 0.15) is 74.8 Å². The molecule has 1 aromatic carbocycles. The van der Waals surface area contributed by atoms with Crippen LogP contribution in [-0.2, 0) is 0 Å². The molecule has 0 bridgehead atoms. The van der Waals surface area contributed by atoms with Crippen LogP contribution in [-0.4, -0.2) is 17.4 Å². The van der Waals surface area contributed by atoms with E-state index in [1.807, 2.05) is 12.3 Å². The molecular formula is C18H25NO. The monoisotopic (exact) mass is 271 g/mol. The van der Waals surface area contributed by atoms with E-state index in [2.05, 4.69) is 17.1 Å². The van der Waals surface area contributed by atoms with Gasteiger partial charge in [0.15, 0.2) is 0 Å². The number of para-hydroxylation sites is 1. The molecule has 0 amide bonds. The largest absolute Gasteiger partial charge is 0.507 e. The maximum atomic E-state index is 10.5. The lowest BCUT2D eigenvalue weighted by atomic mass is 9.83. The molecule has 1 N–H and O–H groups in total. The Kier molecular flexibility index (Phi) is 4.39. The molecule has 0 aliphatic heterocycles.